The van der Waals surface area contributed by atoms with Crippen LogP contribution in [0.25, 0.3) is 0 Å². The van der Waals surface area contributed by atoms with Gasteiger partial charge in [-0.15, -0.1) is 0 Å². The maximum absolute atomic E-state index is 6.14. The van der Waals surface area contributed by atoms with E-state index in [0.717, 1.165) is 32.1 Å². The number of nitrogens with zero attached hydrogens (tertiary/aromatic N) is 3. The number of rotatable bonds is 6. The standard InChI is InChI=1S/C17H21ClN4O2/c1-23-14-4-2-13(3-5-14)16(22-6-8-24-9-7-22)11-20-17-15(18)10-19-12-21-17/h2-5,10,12,16H,6-9,11H2,1H3,(H,19,20,21)/t16-/m0/s1. The van der Waals surface area contributed by atoms with Crippen molar-refractivity contribution < 1.29 is 9.47 Å². The molecule has 1 saturated heterocycles. The number of hydrogen-bond acceptors (Lipinski definition) is 6. The Morgan fingerprint density at radius 3 is 2.71 bits per heavy atom. The zero-order valence-electron chi connectivity index (χ0n) is 13.6. The molecule has 0 radical (unpaired) electrons. The van der Waals surface area contributed by atoms with E-state index in [1.807, 2.05) is 12.1 Å². The van der Waals surface area contributed by atoms with Gasteiger partial charge < -0.3 is 14.8 Å². The van der Waals surface area contributed by atoms with E-state index in [1.54, 1.807) is 13.3 Å². The molecular weight excluding hydrogens is 328 g/mol. The summed E-state index contributed by atoms with van der Waals surface area (Å²) in [4.78, 5) is 10.5. The molecule has 0 amide bonds. The number of halogens is 1. The van der Waals surface area contributed by atoms with E-state index in [2.05, 4.69) is 32.3 Å². The third-order valence-corrected chi connectivity index (χ3v) is 4.39. The number of ether oxygens (including phenoxy) is 2. The minimum atomic E-state index is 0.200. The number of methoxy groups -OCH3 is 1. The first kappa shape index (κ1) is 17.0. The lowest BCUT2D eigenvalue weighted by molar-refractivity contribution is 0.0187. The third kappa shape index (κ3) is 4.14. The fourth-order valence-corrected chi connectivity index (χ4v) is 2.98. The number of anilines is 1. The number of benzene rings is 1. The quantitative estimate of drug-likeness (QED) is 0.866. The van der Waals surface area contributed by atoms with E-state index in [1.165, 1.54) is 11.9 Å². The first-order valence-electron chi connectivity index (χ1n) is 7.93. The van der Waals surface area contributed by atoms with Crippen LogP contribution in [0, 0.1) is 0 Å². The van der Waals surface area contributed by atoms with E-state index in [0.29, 0.717) is 17.4 Å². The molecule has 0 bridgehead atoms. The van der Waals surface area contributed by atoms with Gasteiger partial charge in [0.05, 0.1) is 32.6 Å². The van der Waals surface area contributed by atoms with Gasteiger partial charge in [-0.25, -0.2) is 9.97 Å². The van der Waals surface area contributed by atoms with Gasteiger partial charge in [0.15, 0.2) is 0 Å². The van der Waals surface area contributed by atoms with Crippen LogP contribution in [-0.2, 0) is 4.74 Å². The Balaban J connectivity index is 1.77. The lowest BCUT2D eigenvalue weighted by Gasteiger charge is -2.35. The molecular formula is C17H21ClN4O2. The summed E-state index contributed by atoms with van der Waals surface area (Å²) in [5.74, 6) is 1.50. The van der Waals surface area contributed by atoms with E-state index in [9.17, 15) is 0 Å². The molecule has 6 nitrogen and oxygen atoms in total. The molecule has 0 saturated carbocycles. The molecule has 128 valence electrons. The maximum atomic E-state index is 6.14. The third-order valence-electron chi connectivity index (χ3n) is 4.12. The number of hydrogen-bond donors (Lipinski definition) is 1. The molecule has 2 aromatic rings. The van der Waals surface area contributed by atoms with E-state index in [4.69, 9.17) is 21.1 Å². The van der Waals surface area contributed by atoms with Crippen molar-refractivity contribution in [2.24, 2.45) is 0 Å². The predicted molar refractivity (Wildman–Crippen MR) is 93.7 cm³/mol. The summed E-state index contributed by atoms with van der Waals surface area (Å²) >= 11 is 6.14. The minimum absolute atomic E-state index is 0.200. The second-order valence-electron chi connectivity index (χ2n) is 5.54. The highest BCUT2D eigenvalue weighted by Crippen LogP contribution is 2.25. The van der Waals surface area contributed by atoms with Gasteiger partial charge in [0.1, 0.15) is 22.9 Å². The average molecular weight is 349 g/mol. The van der Waals surface area contributed by atoms with Crippen molar-refractivity contribution in [3.8, 4) is 5.75 Å². The number of morpholine rings is 1. The van der Waals surface area contributed by atoms with Gasteiger partial charge in [-0.1, -0.05) is 23.7 Å². The predicted octanol–water partition coefficient (Wildman–Crippen LogP) is 2.62. The van der Waals surface area contributed by atoms with Crippen LogP contribution in [0.1, 0.15) is 11.6 Å². The zero-order valence-corrected chi connectivity index (χ0v) is 14.4. The zero-order chi connectivity index (χ0) is 16.8. The van der Waals surface area contributed by atoms with Crippen molar-refractivity contribution in [2.45, 2.75) is 6.04 Å². The molecule has 1 aromatic carbocycles. The Hall–Kier alpha value is -1.89. The van der Waals surface area contributed by atoms with Gasteiger partial charge >= 0.3 is 0 Å². The van der Waals surface area contributed by atoms with Crippen molar-refractivity contribution in [3.63, 3.8) is 0 Å². The SMILES string of the molecule is COc1ccc([C@H](CNc2ncncc2Cl)N2CCOCC2)cc1. The fourth-order valence-electron chi connectivity index (χ4n) is 2.81. The van der Waals surface area contributed by atoms with Crippen LogP contribution in [0.2, 0.25) is 5.02 Å². The summed E-state index contributed by atoms with van der Waals surface area (Å²) in [7, 11) is 1.67. The largest absolute Gasteiger partial charge is 0.497 e. The summed E-state index contributed by atoms with van der Waals surface area (Å²) in [5, 5.41) is 3.86. The molecule has 7 heteroatoms. The molecule has 0 aliphatic carbocycles. The van der Waals surface area contributed by atoms with Crippen LogP contribution in [0.15, 0.2) is 36.8 Å². The molecule has 1 aromatic heterocycles. The topological polar surface area (TPSA) is 59.5 Å². The Labute approximate surface area is 146 Å². The van der Waals surface area contributed by atoms with Crippen molar-refractivity contribution in [3.05, 3.63) is 47.4 Å². The Kier molecular flexibility index (Phi) is 5.85. The summed E-state index contributed by atoms with van der Waals surface area (Å²) in [6, 6.07) is 8.37. The van der Waals surface area contributed by atoms with Crippen LogP contribution in [0.5, 0.6) is 5.75 Å². The molecule has 3 rings (SSSR count). The van der Waals surface area contributed by atoms with Gasteiger partial charge in [0.25, 0.3) is 0 Å². The number of aromatic nitrogens is 2. The lowest BCUT2D eigenvalue weighted by atomic mass is 10.0. The van der Waals surface area contributed by atoms with Crippen LogP contribution in [0.3, 0.4) is 0 Å². The van der Waals surface area contributed by atoms with Crippen LogP contribution < -0.4 is 10.1 Å². The van der Waals surface area contributed by atoms with Crippen molar-refractivity contribution >= 4 is 17.4 Å². The highest BCUT2D eigenvalue weighted by atomic mass is 35.5. The summed E-state index contributed by atoms with van der Waals surface area (Å²) in [6.45, 7) is 4.00. The van der Waals surface area contributed by atoms with Gasteiger partial charge in [-0.05, 0) is 17.7 Å². The molecule has 1 aliphatic rings. The van der Waals surface area contributed by atoms with Crippen LogP contribution in [-0.4, -0.2) is 54.8 Å². The maximum Gasteiger partial charge on any atom is 0.148 e. The monoisotopic (exact) mass is 348 g/mol. The summed E-state index contributed by atoms with van der Waals surface area (Å²) in [5.41, 5.74) is 1.22. The molecule has 0 spiro atoms. The molecule has 0 unspecified atom stereocenters. The van der Waals surface area contributed by atoms with Crippen LogP contribution in [0.4, 0.5) is 5.82 Å². The second-order valence-corrected chi connectivity index (χ2v) is 5.94. The Morgan fingerprint density at radius 2 is 2.04 bits per heavy atom. The lowest BCUT2D eigenvalue weighted by Crippen LogP contribution is -2.41. The van der Waals surface area contributed by atoms with E-state index in [-0.39, 0.29) is 6.04 Å². The highest BCUT2D eigenvalue weighted by Gasteiger charge is 2.23. The van der Waals surface area contributed by atoms with Gasteiger partial charge in [-0.2, -0.15) is 0 Å². The molecule has 2 heterocycles. The normalized spacial score (nSPS) is 16.6. The summed E-state index contributed by atoms with van der Waals surface area (Å²) in [6.07, 6.45) is 3.08. The highest BCUT2D eigenvalue weighted by molar-refractivity contribution is 6.32. The van der Waals surface area contributed by atoms with Gasteiger partial charge in [0.2, 0.25) is 0 Å². The van der Waals surface area contributed by atoms with Crippen LogP contribution >= 0.6 is 11.6 Å². The summed E-state index contributed by atoms with van der Waals surface area (Å²) < 4.78 is 10.7. The Morgan fingerprint density at radius 1 is 1.29 bits per heavy atom. The Bertz CT molecular complexity index is 647. The first-order chi connectivity index (χ1) is 11.8. The van der Waals surface area contributed by atoms with E-state index >= 15 is 0 Å². The fraction of sp³-hybridized carbons (Fsp3) is 0.412. The van der Waals surface area contributed by atoms with Gasteiger partial charge in [0, 0.05) is 19.6 Å². The minimum Gasteiger partial charge on any atom is -0.497 e. The molecule has 24 heavy (non-hydrogen) atoms. The second kappa shape index (κ2) is 8.28. The first-order valence-corrected chi connectivity index (χ1v) is 8.31. The molecule has 1 aliphatic heterocycles. The smallest absolute Gasteiger partial charge is 0.148 e. The average Bonchev–Trinajstić information content (AvgIpc) is 2.65. The molecule has 1 atom stereocenters. The molecule has 1 N–H and O–H groups in total. The van der Waals surface area contributed by atoms with Crippen molar-refractivity contribution in [1.29, 1.82) is 0 Å². The van der Waals surface area contributed by atoms with Crippen molar-refractivity contribution in [2.75, 3.05) is 45.3 Å². The number of nitrogens with one attached hydrogen (secondary N) is 1. The van der Waals surface area contributed by atoms with E-state index < -0.39 is 0 Å². The van der Waals surface area contributed by atoms with Crippen molar-refractivity contribution in [1.82, 2.24) is 14.9 Å². The van der Waals surface area contributed by atoms with Gasteiger partial charge in [-0.3, -0.25) is 4.90 Å². The molecule has 1 fully saturated rings.